The topological polar surface area (TPSA) is 18.5 Å². The molecule has 0 bridgehead atoms. The van der Waals surface area contributed by atoms with Gasteiger partial charge in [-0.1, -0.05) is 143 Å². The van der Waals surface area contributed by atoms with Gasteiger partial charge in [-0.2, -0.15) is 0 Å². The highest BCUT2D eigenvalue weighted by Gasteiger charge is 2.10. The second-order valence-corrected chi connectivity index (χ2v) is 11.7. The van der Waals surface area contributed by atoms with Gasteiger partial charge >= 0.3 is 0 Å². The first-order valence-electron chi connectivity index (χ1n) is 15.2. The number of hydrogen-bond acceptors (Lipinski definition) is 2. The van der Waals surface area contributed by atoms with Crippen LogP contribution < -0.4 is 0 Å². The molecule has 0 fully saturated rings. The van der Waals surface area contributed by atoms with Crippen LogP contribution in [-0.4, -0.2) is 19.3 Å². The largest absolute Gasteiger partial charge is 0.379 e. The van der Waals surface area contributed by atoms with Crippen LogP contribution in [0.3, 0.4) is 0 Å². The van der Waals surface area contributed by atoms with E-state index in [2.05, 4.69) is 65.8 Å². The Kier molecular flexibility index (Phi) is 19.5. The maximum Gasteiger partial charge on any atom is 0.0810 e. The summed E-state index contributed by atoms with van der Waals surface area (Å²) in [6.45, 7) is 16.5. The highest BCUT2D eigenvalue weighted by atomic mass is 16.5. The molecule has 0 aliphatic carbocycles. The fraction of sp³-hybridized carbons (Fsp3) is 0.818. The Labute approximate surface area is 220 Å². The standard InChI is InChI=1S/C33H60O2/c1-7-15-28(3)16-12-17-29(4)18-13-19-30(5)20-14-21-31(6)24-25-34-27-33(8-2)35-26-32-22-10-9-11-23-32/h9-11,22-23,28-31,33H,7-8,12-21,24-27H2,1-6H3. The van der Waals surface area contributed by atoms with Crippen molar-refractivity contribution >= 4 is 0 Å². The minimum atomic E-state index is 0.193. The van der Waals surface area contributed by atoms with Crippen LogP contribution in [0.1, 0.15) is 131 Å². The van der Waals surface area contributed by atoms with Crippen LogP contribution in [0.5, 0.6) is 0 Å². The zero-order valence-electron chi connectivity index (χ0n) is 24.4. The van der Waals surface area contributed by atoms with E-state index in [4.69, 9.17) is 9.47 Å². The molecule has 204 valence electrons. The highest BCUT2D eigenvalue weighted by Crippen LogP contribution is 2.23. The molecule has 5 unspecified atom stereocenters. The second kappa shape index (κ2) is 21.2. The van der Waals surface area contributed by atoms with Gasteiger partial charge in [0.15, 0.2) is 0 Å². The average molecular weight is 489 g/mol. The Hall–Kier alpha value is -0.860. The molecule has 0 aliphatic rings. The lowest BCUT2D eigenvalue weighted by molar-refractivity contribution is -0.0284. The Morgan fingerprint density at radius 2 is 1.11 bits per heavy atom. The molecule has 35 heavy (non-hydrogen) atoms. The molecule has 1 aromatic carbocycles. The van der Waals surface area contributed by atoms with Crippen LogP contribution in [0.25, 0.3) is 0 Å². The van der Waals surface area contributed by atoms with E-state index in [9.17, 15) is 0 Å². The van der Waals surface area contributed by atoms with Crippen LogP contribution in [0, 0.1) is 23.7 Å². The monoisotopic (exact) mass is 488 g/mol. The van der Waals surface area contributed by atoms with Crippen molar-refractivity contribution in [1.29, 1.82) is 0 Å². The maximum atomic E-state index is 6.03. The van der Waals surface area contributed by atoms with Gasteiger partial charge in [-0.3, -0.25) is 0 Å². The molecule has 0 amide bonds. The summed E-state index contributed by atoms with van der Waals surface area (Å²) in [5.74, 6) is 3.46. The zero-order chi connectivity index (χ0) is 25.7. The van der Waals surface area contributed by atoms with E-state index in [-0.39, 0.29) is 6.10 Å². The third-order valence-electron chi connectivity index (χ3n) is 7.81. The fourth-order valence-electron chi connectivity index (χ4n) is 5.09. The summed E-state index contributed by atoms with van der Waals surface area (Å²) in [7, 11) is 0. The van der Waals surface area contributed by atoms with Gasteiger partial charge in [-0.25, -0.2) is 0 Å². The number of ether oxygens (including phenoxy) is 2. The molecule has 5 atom stereocenters. The molecule has 0 heterocycles. The molecule has 2 nitrogen and oxygen atoms in total. The Morgan fingerprint density at radius 1 is 0.629 bits per heavy atom. The summed E-state index contributed by atoms with van der Waals surface area (Å²) in [5, 5.41) is 0. The molecule has 0 radical (unpaired) electrons. The van der Waals surface area contributed by atoms with E-state index in [0.29, 0.717) is 13.2 Å². The SMILES string of the molecule is CCCC(C)CCCC(C)CCCC(C)CCCC(C)CCOCC(CC)OCc1ccccc1. The predicted molar refractivity (Wildman–Crippen MR) is 154 cm³/mol. The molecular formula is C33H60O2. The van der Waals surface area contributed by atoms with Crippen molar-refractivity contribution in [3.63, 3.8) is 0 Å². The third-order valence-corrected chi connectivity index (χ3v) is 7.81. The lowest BCUT2D eigenvalue weighted by atomic mass is 9.90. The van der Waals surface area contributed by atoms with Crippen molar-refractivity contribution in [2.24, 2.45) is 23.7 Å². The predicted octanol–water partition coefficient (Wildman–Crippen LogP) is 10.2. The Bertz CT molecular complexity index is 572. The van der Waals surface area contributed by atoms with Gasteiger partial charge in [0.1, 0.15) is 0 Å². The minimum Gasteiger partial charge on any atom is -0.379 e. The first-order chi connectivity index (χ1) is 16.9. The van der Waals surface area contributed by atoms with E-state index in [0.717, 1.165) is 43.1 Å². The van der Waals surface area contributed by atoms with Gasteiger partial charge in [0, 0.05) is 6.61 Å². The summed E-state index contributed by atoms with van der Waals surface area (Å²) < 4.78 is 12.0. The summed E-state index contributed by atoms with van der Waals surface area (Å²) in [5.41, 5.74) is 1.23. The molecule has 0 spiro atoms. The van der Waals surface area contributed by atoms with E-state index in [1.54, 1.807) is 0 Å². The smallest absolute Gasteiger partial charge is 0.0810 e. The molecule has 0 saturated heterocycles. The fourth-order valence-corrected chi connectivity index (χ4v) is 5.09. The Morgan fingerprint density at radius 3 is 1.60 bits per heavy atom. The summed E-state index contributed by atoms with van der Waals surface area (Å²) in [4.78, 5) is 0. The summed E-state index contributed by atoms with van der Waals surface area (Å²) >= 11 is 0. The number of benzene rings is 1. The third kappa shape index (κ3) is 18.1. The first kappa shape index (κ1) is 32.2. The average Bonchev–Trinajstić information content (AvgIpc) is 2.84. The van der Waals surface area contributed by atoms with Crippen molar-refractivity contribution in [3.05, 3.63) is 35.9 Å². The molecule has 2 heteroatoms. The summed E-state index contributed by atoms with van der Waals surface area (Å²) in [6, 6.07) is 10.4. The molecule has 0 saturated carbocycles. The Balaban J connectivity index is 1.99. The maximum absolute atomic E-state index is 6.03. The van der Waals surface area contributed by atoms with Crippen LogP contribution in [0.2, 0.25) is 0 Å². The number of hydrogen-bond donors (Lipinski definition) is 0. The van der Waals surface area contributed by atoms with Gasteiger partial charge in [-0.15, -0.1) is 0 Å². The number of rotatable bonds is 23. The molecule has 1 aromatic rings. The van der Waals surface area contributed by atoms with Gasteiger partial charge < -0.3 is 9.47 Å². The van der Waals surface area contributed by atoms with Crippen molar-refractivity contribution in [3.8, 4) is 0 Å². The van der Waals surface area contributed by atoms with Gasteiger partial charge in [0.2, 0.25) is 0 Å². The van der Waals surface area contributed by atoms with Crippen molar-refractivity contribution in [1.82, 2.24) is 0 Å². The quantitative estimate of drug-likeness (QED) is 0.143. The zero-order valence-corrected chi connectivity index (χ0v) is 24.4. The molecule has 1 rings (SSSR count). The van der Waals surface area contributed by atoms with Gasteiger partial charge in [0.25, 0.3) is 0 Å². The second-order valence-electron chi connectivity index (χ2n) is 11.7. The van der Waals surface area contributed by atoms with Crippen molar-refractivity contribution in [2.45, 2.75) is 138 Å². The van der Waals surface area contributed by atoms with Crippen LogP contribution in [0.15, 0.2) is 30.3 Å². The highest BCUT2D eigenvalue weighted by molar-refractivity contribution is 5.13. The summed E-state index contributed by atoms with van der Waals surface area (Å²) in [6.07, 6.45) is 17.7. The normalized spacial score (nSPS) is 16.1. The van der Waals surface area contributed by atoms with E-state index < -0.39 is 0 Å². The van der Waals surface area contributed by atoms with Crippen LogP contribution in [0.4, 0.5) is 0 Å². The minimum absolute atomic E-state index is 0.193. The lowest BCUT2D eigenvalue weighted by Gasteiger charge is -2.18. The molecule has 0 N–H and O–H groups in total. The molecule has 0 aromatic heterocycles. The van der Waals surface area contributed by atoms with Crippen molar-refractivity contribution < 1.29 is 9.47 Å². The molecule has 0 aliphatic heterocycles. The van der Waals surface area contributed by atoms with Crippen LogP contribution >= 0.6 is 0 Å². The van der Waals surface area contributed by atoms with Crippen LogP contribution in [-0.2, 0) is 16.1 Å². The van der Waals surface area contributed by atoms with E-state index >= 15 is 0 Å². The molecular weight excluding hydrogens is 428 g/mol. The van der Waals surface area contributed by atoms with Crippen molar-refractivity contribution in [2.75, 3.05) is 13.2 Å². The van der Waals surface area contributed by atoms with E-state index in [1.165, 1.54) is 76.2 Å². The van der Waals surface area contributed by atoms with Gasteiger partial charge in [-0.05, 0) is 42.1 Å². The van der Waals surface area contributed by atoms with Gasteiger partial charge in [0.05, 0.1) is 19.3 Å². The first-order valence-corrected chi connectivity index (χ1v) is 15.2. The lowest BCUT2D eigenvalue weighted by Crippen LogP contribution is -2.19. The van der Waals surface area contributed by atoms with E-state index in [1.807, 2.05) is 6.07 Å².